The molecule has 0 saturated heterocycles. The standard InChI is InChI=1S/C11H11BrN4O/c1-7-8(6-14-16-7)5-13-11(17)9-3-2-4-10(12)15-9/h2-4,6H,5H2,1H3,(H,13,17)(H,14,16). The van der Waals surface area contributed by atoms with Crippen LogP contribution in [0.4, 0.5) is 0 Å². The van der Waals surface area contributed by atoms with E-state index in [1.165, 1.54) is 0 Å². The van der Waals surface area contributed by atoms with Gasteiger partial charge in [0.1, 0.15) is 10.3 Å². The van der Waals surface area contributed by atoms with E-state index in [2.05, 4.69) is 36.4 Å². The molecule has 0 bridgehead atoms. The van der Waals surface area contributed by atoms with Gasteiger partial charge in [-0.1, -0.05) is 6.07 Å². The zero-order chi connectivity index (χ0) is 12.3. The Hall–Kier alpha value is -1.69. The first-order valence-electron chi connectivity index (χ1n) is 5.06. The number of hydrogen-bond donors (Lipinski definition) is 2. The second-order valence-electron chi connectivity index (χ2n) is 3.55. The van der Waals surface area contributed by atoms with Crippen molar-refractivity contribution >= 4 is 21.8 Å². The summed E-state index contributed by atoms with van der Waals surface area (Å²) in [6.45, 7) is 2.35. The summed E-state index contributed by atoms with van der Waals surface area (Å²) in [5.41, 5.74) is 2.31. The average molecular weight is 295 g/mol. The van der Waals surface area contributed by atoms with Crippen LogP contribution in [0, 0.1) is 6.92 Å². The van der Waals surface area contributed by atoms with Crippen molar-refractivity contribution in [3.05, 3.63) is 46.0 Å². The summed E-state index contributed by atoms with van der Waals surface area (Å²) < 4.78 is 0.643. The molecule has 2 rings (SSSR count). The molecule has 2 N–H and O–H groups in total. The molecular weight excluding hydrogens is 284 g/mol. The van der Waals surface area contributed by atoms with Crippen molar-refractivity contribution in [2.45, 2.75) is 13.5 Å². The minimum absolute atomic E-state index is 0.202. The predicted molar refractivity (Wildman–Crippen MR) is 66.4 cm³/mol. The van der Waals surface area contributed by atoms with E-state index in [4.69, 9.17) is 0 Å². The molecule has 0 aliphatic rings. The number of aryl methyl sites for hydroxylation is 1. The van der Waals surface area contributed by atoms with Crippen LogP contribution in [0.5, 0.6) is 0 Å². The third kappa shape index (κ3) is 2.91. The number of pyridine rings is 1. The molecule has 88 valence electrons. The Morgan fingerprint density at radius 1 is 1.53 bits per heavy atom. The van der Waals surface area contributed by atoms with Gasteiger partial charge in [-0.2, -0.15) is 5.10 Å². The molecule has 6 heteroatoms. The lowest BCUT2D eigenvalue weighted by Gasteiger charge is -2.03. The fourth-order valence-electron chi connectivity index (χ4n) is 1.35. The van der Waals surface area contributed by atoms with Gasteiger partial charge in [0.25, 0.3) is 5.91 Å². The molecule has 2 aromatic heterocycles. The number of aromatic amines is 1. The molecule has 0 unspecified atom stereocenters. The van der Waals surface area contributed by atoms with Crippen LogP contribution in [-0.4, -0.2) is 21.1 Å². The minimum atomic E-state index is -0.202. The zero-order valence-corrected chi connectivity index (χ0v) is 10.8. The molecule has 5 nitrogen and oxygen atoms in total. The number of halogens is 1. The molecular formula is C11H11BrN4O. The molecule has 17 heavy (non-hydrogen) atoms. The van der Waals surface area contributed by atoms with Gasteiger partial charge < -0.3 is 5.32 Å². The van der Waals surface area contributed by atoms with Gasteiger partial charge in [0, 0.05) is 17.8 Å². The summed E-state index contributed by atoms with van der Waals surface area (Å²) >= 11 is 3.23. The molecule has 1 amide bonds. The summed E-state index contributed by atoms with van der Waals surface area (Å²) in [5.74, 6) is -0.202. The molecule has 0 atom stereocenters. The van der Waals surface area contributed by atoms with Crippen molar-refractivity contribution in [2.75, 3.05) is 0 Å². The summed E-state index contributed by atoms with van der Waals surface area (Å²) in [6.07, 6.45) is 1.70. The Morgan fingerprint density at radius 3 is 3.00 bits per heavy atom. The van der Waals surface area contributed by atoms with Crippen molar-refractivity contribution in [1.82, 2.24) is 20.5 Å². The van der Waals surface area contributed by atoms with Gasteiger partial charge >= 0.3 is 0 Å². The minimum Gasteiger partial charge on any atom is -0.346 e. The lowest BCUT2D eigenvalue weighted by Crippen LogP contribution is -2.23. The van der Waals surface area contributed by atoms with Gasteiger partial charge in [0.05, 0.1) is 6.20 Å². The maximum Gasteiger partial charge on any atom is 0.270 e. The van der Waals surface area contributed by atoms with Crippen molar-refractivity contribution < 1.29 is 4.79 Å². The zero-order valence-electron chi connectivity index (χ0n) is 9.20. The molecule has 0 spiro atoms. The van der Waals surface area contributed by atoms with Crippen LogP contribution in [0.3, 0.4) is 0 Å². The largest absolute Gasteiger partial charge is 0.346 e. The third-order valence-corrected chi connectivity index (χ3v) is 2.76. The van der Waals surface area contributed by atoms with E-state index >= 15 is 0 Å². The number of rotatable bonds is 3. The van der Waals surface area contributed by atoms with E-state index in [0.717, 1.165) is 11.3 Å². The highest BCUT2D eigenvalue weighted by atomic mass is 79.9. The van der Waals surface area contributed by atoms with Crippen LogP contribution in [0.1, 0.15) is 21.7 Å². The Morgan fingerprint density at radius 2 is 2.35 bits per heavy atom. The number of H-pyrrole nitrogens is 1. The SMILES string of the molecule is Cc1[nH]ncc1CNC(=O)c1cccc(Br)n1. The van der Waals surface area contributed by atoms with Crippen molar-refractivity contribution in [2.24, 2.45) is 0 Å². The maximum atomic E-state index is 11.8. The number of nitrogens with one attached hydrogen (secondary N) is 2. The van der Waals surface area contributed by atoms with E-state index in [-0.39, 0.29) is 5.91 Å². The Kier molecular flexibility index (Phi) is 3.53. The van der Waals surface area contributed by atoms with Crippen LogP contribution in [0.2, 0.25) is 0 Å². The monoisotopic (exact) mass is 294 g/mol. The van der Waals surface area contributed by atoms with Gasteiger partial charge in [0.15, 0.2) is 0 Å². The summed E-state index contributed by atoms with van der Waals surface area (Å²) in [6, 6.07) is 5.22. The third-order valence-electron chi connectivity index (χ3n) is 2.32. The quantitative estimate of drug-likeness (QED) is 0.848. The van der Waals surface area contributed by atoms with E-state index in [1.54, 1.807) is 24.4 Å². The second-order valence-corrected chi connectivity index (χ2v) is 4.36. The van der Waals surface area contributed by atoms with Crippen LogP contribution in [0.15, 0.2) is 29.0 Å². The van der Waals surface area contributed by atoms with Crippen molar-refractivity contribution in [3.8, 4) is 0 Å². The maximum absolute atomic E-state index is 11.8. The second kappa shape index (κ2) is 5.09. The van der Waals surface area contributed by atoms with E-state index in [0.29, 0.717) is 16.8 Å². The van der Waals surface area contributed by atoms with Gasteiger partial charge in [-0.15, -0.1) is 0 Å². The number of carbonyl (C=O) groups excluding carboxylic acids is 1. The summed E-state index contributed by atoms with van der Waals surface area (Å²) in [5, 5.41) is 9.49. The Bertz CT molecular complexity index is 538. The van der Waals surface area contributed by atoms with Crippen LogP contribution in [0.25, 0.3) is 0 Å². The van der Waals surface area contributed by atoms with Crippen molar-refractivity contribution in [1.29, 1.82) is 0 Å². The highest BCUT2D eigenvalue weighted by Gasteiger charge is 2.08. The highest BCUT2D eigenvalue weighted by molar-refractivity contribution is 9.10. The highest BCUT2D eigenvalue weighted by Crippen LogP contribution is 2.07. The lowest BCUT2D eigenvalue weighted by molar-refractivity contribution is 0.0945. The average Bonchev–Trinajstić information content (AvgIpc) is 2.72. The number of amides is 1. The van der Waals surface area contributed by atoms with E-state index in [9.17, 15) is 4.79 Å². The lowest BCUT2D eigenvalue weighted by atomic mass is 10.2. The fraction of sp³-hybridized carbons (Fsp3) is 0.182. The van der Waals surface area contributed by atoms with Gasteiger partial charge in [-0.3, -0.25) is 9.89 Å². The van der Waals surface area contributed by atoms with Crippen LogP contribution in [-0.2, 0) is 6.54 Å². The molecule has 0 aromatic carbocycles. The van der Waals surface area contributed by atoms with Gasteiger partial charge in [-0.25, -0.2) is 4.98 Å². The van der Waals surface area contributed by atoms with Crippen LogP contribution >= 0.6 is 15.9 Å². The molecule has 0 saturated carbocycles. The molecule has 0 fully saturated rings. The van der Waals surface area contributed by atoms with E-state index in [1.807, 2.05) is 6.92 Å². The molecule has 0 aliphatic heterocycles. The number of nitrogens with zero attached hydrogens (tertiary/aromatic N) is 2. The predicted octanol–water partition coefficient (Wildman–Crippen LogP) is 1.81. The fourth-order valence-corrected chi connectivity index (χ4v) is 1.70. The first-order chi connectivity index (χ1) is 8.16. The molecule has 0 radical (unpaired) electrons. The number of aromatic nitrogens is 3. The Labute approximate surface area is 107 Å². The van der Waals surface area contributed by atoms with Gasteiger partial charge in [0.2, 0.25) is 0 Å². The first kappa shape index (κ1) is 11.8. The molecule has 2 heterocycles. The normalized spacial score (nSPS) is 10.2. The van der Waals surface area contributed by atoms with Gasteiger partial charge in [-0.05, 0) is 35.0 Å². The number of hydrogen-bond acceptors (Lipinski definition) is 3. The van der Waals surface area contributed by atoms with Crippen LogP contribution < -0.4 is 5.32 Å². The first-order valence-corrected chi connectivity index (χ1v) is 5.85. The topological polar surface area (TPSA) is 70.7 Å². The summed E-state index contributed by atoms with van der Waals surface area (Å²) in [7, 11) is 0. The number of carbonyl (C=O) groups is 1. The van der Waals surface area contributed by atoms with Crippen molar-refractivity contribution in [3.63, 3.8) is 0 Å². The Balaban J connectivity index is 2.01. The smallest absolute Gasteiger partial charge is 0.270 e. The molecule has 2 aromatic rings. The van der Waals surface area contributed by atoms with E-state index < -0.39 is 0 Å². The summed E-state index contributed by atoms with van der Waals surface area (Å²) in [4.78, 5) is 15.9. The molecule has 0 aliphatic carbocycles.